The van der Waals surface area contributed by atoms with E-state index in [-0.39, 0.29) is 29.4 Å². The second-order valence-corrected chi connectivity index (χ2v) is 7.16. The third-order valence-electron chi connectivity index (χ3n) is 5.17. The van der Waals surface area contributed by atoms with E-state index in [0.717, 1.165) is 23.2 Å². The molecule has 1 aliphatic carbocycles. The van der Waals surface area contributed by atoms with Crippen LogP contribution >= 0.6 is 35.6 Å². The van der Waals surface area contributed by atoms with Crippen molar-refractivity contribution >= 4 is 41.5 Å². The van der Waals surface area contributed by atoms with Crippen molar-refractivity contribution in [2.24, 2.45) is 12.0 Å². The lowest BCUT2D eigenvalue weighted by Crippen LogP contribution is -2.44. The van der Waals surface area contributed by atoms with Crippen LogP contribution in [-0.2, 0) is 19.0 Å². The van der Waals surface area contributed by atoms with Gasteiger partial charge in [-0.15, -0.1) is 24.0 Å². The van der Waals surface area contributed by atoms with Crippen molar-refractivity contribution < 1.29 is 0 Å². The molecule has 1 aliphatic rings. The van der Waals surface area contributed by atoms with E-state index in [1.165, 1.54) is 31.2 Å². The molecule has 0 unspecified atom stereocenters. The van der Waals surface area contributed by atoms with Gasteiger partial charge in [-0.1, -0.05) is 36.6 Å². The number of halogens is 2. The molecule has 3 rings (SSSR count). The number of guanidine groups is 1. The maximum absolute atomic E-state index is 6.23. The van der Waals surface area contributed by atoms with Gasteiger partial charge in [-0.25, -0.2) is 0 Å². The van der Waals surface area contributed by atoms with Crippen molar-refractivity contribution in [3.63, 3.8) is 0 Å². The molecule has 1 heterocycles. The second kappa shape index (κ2) is 9.60. The van der Waals surface area contributed by atoms with Crippen LogP contribution in [0.5, 0.6) is 0 Å². The van der Waals surface area contributed by atoms with Crippen LogP contribution in [0.2, 0.25) is 5.02 Å². The highest BCUT2D eigenvalue weighted by molar-refractivity contribution is 14.0. The summed E-state index contributed by atoms with van der Waals surface area (Å²) in [6, 6.07) is 10.3. The number of hydrogen-bond donors (Lipinski definition) is 2. The van der Waals surface area contributed by atoms with Crippen molar-refractivity contribution in [3.05, 3.63) is 52.8 Å². The van der Waals surface area contributed by atoms with Gasteiger partial charge in [-0.3, -0.25) is 9.67 Å². The fourth-order valence-corrected chi connectivity index (χ4v) is 3.85. The maximum atomic E-state index is 6.23. The Kier molecular flexibility index (Phi) is 7.76. The van der Waals surface area contributed by atoms with Crippen molar-refractivity contribution in [2.45, 2.75) is 37.6 Å². The predicted molar refractivity (Wildman–Crippen MR) is 118 cm³/mol. The molecule has 1 aromatic heterocycles. The molecule has 2 aromatic rings. The van der Waals surface area contributed by atoms with Gasteiger partial charge in [0.15, 0.2) is 5.96 Å². The topological polar surface area (TPSA) is 54.2 Å². The molecule has 0 atom stereocenters. The van der Waals surface area contributed by atoms with Gasteiger partial charge < -0.3 is 10.6 Å². The molecule has 142 valence electrons. The summed E-state index contributed by atoms with van der Waals surface area (Å²) in [4.78, 5) is 4.36. The monoisotopic (exact) mass is 487 g/mol. The van der Waals surface area contributed by atoms with E-state index in [0.29, 0.717) is 6.54 Å². The molecule has 2 N–H and O–H groups in total. The van der Waals surface area contributed by atoms with E-state index in [1.807, 2.05) is 29.9 Å². The minimum atomic E-state index is 0. The van der Waals surface area contributed by atoms with Gasteiger partial charge in [0.05, 0.1) is 12.2 Å². The molecule has 1 saturated carbocycles. The Bertz CT molecular complexity index is 737. The summed E-state index contributed by atoms with van der Waals surface area (Å²) in [7, 11) is 3.75. The SMILES string of the molecule is CN=C(NCc1ccnn1C)NCC1(c2cccc(Cl)c2)CCCC1.I. The number of aryl methyl sites for hydroxylation is 1. The molecular formula is C19H27ClIN5. The standard InChI is InChI=1S/C19H26ClN5.HI/c1-21-18(22-13-17-8-11-24-25(17)2)23-14-19(9-3-4-10-19)15-6-5-7-16(20)12-15;/h5-8,11-12H,3-4,9-10,13-14H2,1-2H3,(H2,21,22,23);1H. The number of benzene rings is 1. The lowest BCUT2D eigenvalue weighted by molar-refractivity contribution is 0.431. The predicted octanol–water partition coefficient (Wildman–Crippen LogP) is 3.87. The molecule has 0 bridgehead atoms. The zero-order chi connectivity index (χ0) is 17.7. The van der Waals surface area contributed by atoms with Gasteiger partial charge >= 0.3 is 0 Å². The number of aliphatic imine (C=N–C) groups is 1. The Morgan fingerprint density at radius 2 is 2.04 bits per heavy atom. The number of nitrogens with zero attached hydrogens (tertiary/aromatic N) is 3. The Labute approximate surface area is 177 Å². The summed E-state index contributed by atoms with van der Waals surface area (Å²) in [6.07, 6.45) is 6.68. The van der Waals surface area contributed by atoms with E-state index < -0.39 is 0 Å². The van der Waals surface area contributed by atoms with Gasteiger partial charge in [0.25, 0.3) is 0 Å². The summed E-state index contributed by atoms with van der Waals surface area (Å²) in [5, 5.41) is 11.9. The third kappa shape index (κ3) is 4.91. The first-order valence-electron chi connectivity index (χ1n) is 8.80. The van der Waals surface area contributed by atoms with Crippen molar-refractivity contribution in [1.29, 1.82) is 0 Å². The normalized spacial score (nSPS) is 16.2. The van der Waals surface area contributed by atoms with Crippen molar-refractivity contribution in [3.8, 4) is 0 Å². The molecule has 0 aliphatic heterocycles. The fourth-order valence-electron chi connectivity index (χ4n) is 3.66. The minimum absolute atomic E-state index is 0. The molecule has 26 heavy (non-hydrogen) atoms. The van der Waals surface area contributed by atoms with Crippen LogP contribution in [0.15, 0.2) is 41.5 Å². The highest BCUT2D eigenvalue weighted by Crippen LogP contribution is 2.41. The fraction of sp³-hybridized carbons (Fsp3) is 0.474. The highest BCUT2D eigenvalue weighted by atomic mass is 127. The zero-order valence-electron chi connectivity index (χ0n) is 15.3. The van der Waals surface area contributed by atoms with Crippen LogP contribution in [0.1, 0.15) is 36.9 Å². The lowest BCUT2D eigenvalue weighted by atomic mass is 9.79. The van der Waals surface area contributed by atoms with E-state index in [1.54, 1.807) is 13.2 Å². The lowest BCUT2D eigenvalue weighted by Gasteiger charge is -2.31. The Hall–Kier alpha value is -1.28. The Balaban J connectivity index is 0.00000243. The van der Waals surface area contributed by atoms with Gasteiger partial charge in [0, 0.05) is 37.3 Å². The third-order valence-corrected chi connectivity index (χ3v) is 5.41. The Morgan fingerprint density at radius 1 is 1.27 bits per heavy atom. The summed E-state index contributed by atoms with van der Waals surface area (Å²) in [6.45, 7) is 1.55. The molecule has 1 aromatic carbocycles. The van der Waals surface area contributed by atoms with E-state index in [2.05, 4.69) is 32.9 Å². The quantitative estimate of drug-likeness (QED) is 0.382. The largest absolute Gasteiger partial charge is 0.356 e. The first-order chi connectivity index (χ1) is 12.1. The van der Waals surface area contributed by atoms with E-state index in [4.69, 9.17) is 11.6 Å². The first kappa shape index (κ1) is 21.0. The average Bonchev–Trinajstić information content (AvgIpc) is 3.25. The number of aromatic nitrogens is 2. The molecular weight excluding hydrogens is 461 g/mol. The highest BCUT2D eigenvalue weighted by Gasteiger charge is 2.35. The summed E-state index contributed by atoms with van der Waals surface area (Å²) < 4.78 is 1.87. The van der Waals surface area contributed by atoms with Crippen molar-refractivity contribution in [2.75, 3.05) is 13.6 Å². The molecule has 1 fully saturated rings. The minimum Gasteiger partial charge on any atom is -0.356 e. The Morgan fingerprint density at radius 3 is 2.65 bits per heavy atom. The molecule has 5 nitrogen and oxygen atoms in total. The number of nitrogens with one attached hydrogen (secondary N) is 2. The molecule has 7 heteroatoms. The smallest absolute Gasteiger partial charge is 0.191 e. The number of rotatable bonds is 5. The first-order valence-corrected chi connectivity index (χ1v) is 9.18. The van der Waals surface area contributed by atoms with E-state index in [9.17, 15) is 0 Å². The summed E-state index contributed by atoms with van der Waals surface area (Å²) in [5.41, 5.74) is 2.58. The van der Waals surface area contributed by atoms with Crippen LogP contribution in [0.3, 0.4) is 0 Å². The molecule has 0 amide bonds. The maximum Gasteiger partial charge on any atom is 0.191 e. The van der Waals surface area contributed by atoms with Gasteiger partial charge in [-0.2, -0.15) is 5.10 Å². The van der Waals surface area contributed by atoms with Gasteiger partial charge in [0.1, 0.15) is 0 Å². The molecule has 0 spiro atoms. The summed E-state index contributed by atoms with van der Waals surface area (Å²) >= 11 is 6.23. The van der Waals surface area contributed by atoms with Crippen molar-refractivity contribution in [1.82, 2.24) is 20.4 Å². The second-order valence-electron chi connectivity index (χ2n) is 6.72. The van der Waals surface area contributed by atoms with Crippen LogP contribution in [0.4, 0.5) is 0 Å². The van der Waals surface area contributed by atoms with Gasteiger partial charge in [-0.05, 0) is 36.6 Å². The zero-order valence-corrected chi connectivity index (χ0v) is 18.4. The molecule has 0 saturated heterocycles. The number of hydrogen-bond acceptors (Lipinski definition) is 2. The van der Waals surface area contributed by atoms with Gasteiger partial charge in [0.2, 0.25) is 0 Å². The molecule has 0 radical (unpaired) electrons. The average molecular weight is 488 g/mol. The summed E-state index contributed by atoms with van der Waals surface area (Å²) in [5.74, 6) is 0.814. The van der Waals surface area contributed by atoms with Crippen LogP contribution in [0, 0.1) is 0 Å². The van der Waals surface area contributed by atoms with Crippen LogP contribution in [-0.4, -0.2) is 29.3 Å². The van der Waals surface area contributed by atoms with Crippen LogP contribution < -0.4 is 10.6 Å². The van der Waals surface area contributed by atoms with Crippen LogP contribution in [0.25, 0.3) is 0 Å². The van der Waals surface area contributed by atoms with E-state index >= 15 is 0 Å².